The van der Waals surface area contributed by atoms with Gasteiger partial charge in [0.2, 0.25) is 5.69 Å². The van der Waals surface area contributed by atoms with Gasteiger partial charge in [0.05, 0.1) is 17.9 Å². The van der Waals surface area contributed by atoms with Crippen LogP contribution in [-0.4, -0.2) is 13.2 Å². The molecule has 0 aliphatic carbocycles. The second kappa shape index (κ2) is 5.06. The second-order valence-electron chi connectivity index (χ2n) is 6.04. The maximum atomic E-state index is 7.53. The lowest BCUT2D eigenvalue weighted by molar-refractivity contribution is 0.731. The van der Waals surface area contributed by atoms with Gasteiger partial charge in [-0.3, -0.25) is 0 Å². The molecule has 0 N–H and O–H groups in total. The van der Waals surface area contributed by atoms with Crippen molar-refractivity contribution in [3.05, 3.63) is 58.4 Å². The standard InChI is InChI=1S/C19H21N3/c1-12-10-11-13(2)18(14(12)3)22-15(4)21(6)17-9-7-8-16(20-5)19(17)22/h7-11,15H,1-4,6H3/t15-/m0/s1. The van der Waals surface area contributed by atoms with Crippen LogP contribution in [0.2, 0.25) is 0 Å². The highest BCUT2D eigenvalue weighted by Crippen LogP contribution is 2.50. The van der Waals surface area contributed by atoms with Gasteiger partial charge in [-0.05, 0) is 50.5 Å². The summed E-state index contributed by atoms with van der Waals surface area (Å²) in [4.78, 5) is 8.31. The molecule has 3 heteroatoms. The van der Waals surface area contributed by atoms with Crippen molar-refractivity contribution in [3.8, 4) is 0 Å². The summed E-state index contributed by atoms with van der Waals surface area (Å²) in [6.07, 6.45) is 0.192. The molecule has 1 aliphatic heterocycles. The molecule has 0 spiro atoms. The summed E-state index contributed by atoms with van der Waals surface area (Å²) >= 11 is 0. The van der Waals surface area contributed by atoms with Crippen LogP contribution in [0.1, 0.15) is 23.6 Å². The molecule has 1 atom stereocenters. The van der Waals surface area contributed by atoms with Crippen LogP contribution in [0.5, 0.6) is 0 Å². The van der Waals surface area contributed by atoms with E-state index in [4.69, 9.17) is 6.57 Å². The number of hydrogen-bond acceptors (Lipinski definition) is 2. The average molecular weight is 291 g/mol. The lowest BCUT2D eigenvalue weighted by Gasteiger charge is -2.31. The fourth-order valence-electron chi connectivity index (χ4n) is 3.31. The lowest BCUT2D eigenvalue weighted by Crippen LogP contribution is -2.36. The first kappa shape index (κ1) is 14.5. The van der Waals surface area contributed by atoms with E-state index in [0.717, 1.165) is 11.4 Å². The predicted octanol–water partition coefficient (Wildman–Crippen LogP) is 5.10. The highest BCUT2D eigenvalue weighted by Gasteiger charge is 2.34. The quantitative estimate of drug-likeness (QED) is 0.677. The number of anilines is 3. The molecular formula is C19H21N3. The summed E-state index contributed by atoms with van der Waals surface area (Å²) in [5.74, 6) is 0. The van der Waals surface area contributed by atoms with Gasteiger partial charge in [0, 0.05) is 12.7 Å². The molecule has 2 aromatic rings. The summed E-state index contributed by atoms with van der Waals surface area (Å²) in [6, 6.07) is 10.3. The van der Waals surface area contributed by atoms with Crippen molar-refractivity contribution in [2.45, 2.75) is 33.9 Å². The number of fused-ring (bicyclic) bond motifs is 1. The topological polar surface area (TPSA) is 10.8 Å². The Bertz CT molecular complexity index is 786. The minimum atomic E-state index is 0.192. The zero-order chi connectivity index (χ0) is 16.0. The molecule has 0 radical (unpaired) electrons. The van der Waals surface area contributed by atoms with Gasteiger partial charge >= 0.3 is 0 Å². The third-order valence-electron chi connectivity index (χ3n) is 4.81. The number of benzene rings is 2. The first-order valence-corrected chi connectivity index (χ1v) is 7.56. The molecule has 1 aliphatic rings. The van der Waals surface area contributed by atoms with Crippen LogP contribution in [0.3, 0.4) is 0 Å². The Morgan fingerprint density at radius 1 is 1.00 bits per heavy atom. The van der Waals surface area contributed by atoms with Crippen LogP contribution in [-0.2, 0) is 0 Å². The second-order valence-corrected chi connectivity index (χ2v) is 6.04. The van der Waals surface area contributed by atoms with E-state index in [1.165, 1.54) is 22.4 Å². The third-order valence-corrected chi connectivity index (χ3v) is 4.81. The Morgan fingerprint density at radius 2 is 1.68 bits per heavy atom. The Balaban J connectivity index is 2.32. The van der Waals surface area contributed by atoms with Crippen LogP contribution in [0.15, 0.2) is 30.3 Å². The predicted molar refractivity (Wildman–Crippen MR) is 93.4 cm³/mol. The normalized spacial score (nSPS) is 16.6. The maximum absolute atomic E-state index is 7.53. The molecular weight excluding hydrogens is 270 g/mol. The molecule has 2 aromatic carbocycles. The van der Waals surface area contributed by atoms with Gasteiger partial charge in [-0.15, -0.1) is 0 Å². The smallest absolute Gasteiger partial charge is 0.212 e. The van der Waals surface area contributed by atoms with E-state index < -0.39 is 0 Å². The number of para-hydroxylation sites is 1. The fourth-order valence-corrected chi connectivity index (χ4v) is 3.31. The molecule has 22 heavy (non-hydrogen) atoms. The summed E-state index contributed by atoms with van der Waals surface area (Å²) in [6.45, 7) is 16.2. The van der Waals surface area contributed by atoms with E-state index in [-0.39, 0.29) is 6.17 Å². The van der Waals surface area contributed by atoms with E-state index in [1.54, 1.807) is 0 Å². The van der Waals surface area contributed by atoms with Gasteiger partial charge < -0.3 is 9.80 Å². The average Bonchev–Trinajstić information content (AvgIpc) is 2.77. The van der Waals surface area contributed by atoms with E-state index in [0.29, 0.717) is 5.69 Å². The molecule has 3 nitrogen and oxygen atoms in total. The Hall–Kier alpha value is -2.47. The molecule has 1 heterocycles. The Morgan fingerprint density at radius 3 is 2.36 bits per heavy atom. The number of rotatable bonds is 1. The van der Waals surface area contributed by atoms with Gasteiger partial charge in [-0.1, -0.05) is 24.3 Å². The summed E-state index contributed by atoms with van der Waals surface area (Å²) in [5, 5.41) is 0. The molecule has 0 unspecified atom stereocenters. The molecule has 0 saturated heterocycles. The minimum Gasteiger partial charge on any atom is -0.354 e. The van der Waals surface area contributed by atoms with Crippen molar-refractivity contribution in [3.63, 3.8) is 0 Å². The molecule has 0 aromatic heterocycles. The minimum absolute atomic E-state index is 0.192. The lowest BCUT2D eigenvalue weighted by atomic mass is 10.0. The van der Waals surface area contributed by atoms with Crippen molar-refractivity contribution >= 4 is 22.7 Å². The van der Waals surface area contributed by atoms with Gasteiger partial charge in [0.25, 0.3) is 0 Å². The molecule has 3 rings (SSSR count). The molecule has 0 amide bonds. The van der Waals surface area contributed by atoms with Gasteiger partial charge in [0.15, 0.2) is 0 Å². The first-order valence-electron chi connectivity index (χ1n) is 7.56. The van der Waals surface area contributed by atoms with Gasteiger partial charge in [-0.25, -0.2) is 4.85 Å². The molecule has 112 valence electrons. The van der Waals surface area contributed by atoms with Gasteiger partial charge in [0.1, 0.15) is 6.17 Å². The van der Waals surface area contributed by atoms with Crippen LogP contribution < -0.4 is 9.80 Å². The van der Waals surface area contributed by atoms with Crippen molar-refractivity contribution in [1.82, 2.24) is 0 Å². The largest absolute Gasteiger partial charge is 0.354 e. The van der Waals surface area contributed by atoms with Crippen molar-refractivity contribution in [1.29, 1.82) is 0 Å². The van der Waals surface area contributed by atoms with E-state index in [2.05, 4.69) is 67.6 Å². The van der Waals surface area contributed by atoms with Crippen molar-refractivity contribution in [2.24, 2.45) is 0 Å². The number of hydrogen-bond donors (Lipinski definition) is 0. The fraction of sp³-hybridized carbons (Fsp3) is 0.316. The maximum Gasteiger partial charge on any atom is 0.212 e. The van der Waals surface area contributed by atoms with E-state index in [9.17, 15) is 0 Å². The number of aryl methyl sites for hydroxylation is 2. The zero-order valence-electron chi connectivity index (χ0n) is 13.8. The Kier molecular flexibility index (Phi) is 3.33. The summed E-state index contributed by atoms with van der Waals surface area (Å²) in [5.41, 5.74) is 7.92. The van der Waals surface area contributed by atoms with Crippen LogP contribution in [0.25, 0.3) is 4.85 Å². The molecule has 0 fully saturated rings. The Labute approximate surface area is 132 Å². The third kappa shape index (κ3) is 1.88. The highest BCUT2D eigenvalue weighted by molar-refractivity contribution is 5.94. The first-order chi connectivity index (χ1) is 10.5. The van der Waals surface area contributed by atoms with E-state index in [1.807, 2.05) is 12.1 Å². The SMILES string of the molecule is [C-]#[N+]c1cccc2c1N(c1c(C)ccc(C)c1C)[C@@H](C)N2C. The monoisotopic (exact) mass is 291 g/mol. The number of nitrogens with zero attached hydrogens (tertiary/aromatic N) is 3. The molecule has 0 bridgehead atoms. The van der Waals surface area contributed by atoms with Crippen molar-refractivity contribution < 1.29 is 0 Å². The van der Waals surface area contributed by atoms with Crippen LogP contribution >= 0.6 is 0 Å². The van der Waals surface area contributed by atoms with Crippen LogP contribution in [0, 0.1) is 27.3 Å². The van der Waals surface area contributed by atoms with Crippen LogP contribution in [0.4, 0.5) is 22.7 Å². The molecule has 0 saturated carbocycles. The summed E-state index contributed by atoms with van der Waals surface area (Å²) in [7, 11) is 2.09. The zero-order valence-corrected chi connectivity index (χ0v) is 13.8. The van der Waals surface area contributed by atoms with Gasteiger partial charge in [-0.2, -0.15) is 0 Å². The summed E-state index contributed by atoms with van der Waals surface area (Å²) < 4.78 is 0. The van der Waals surface area contributed by atoms with E-state index >= 15 is 0 Å². The highest BCUT2D eigenvalue weighted by atomic mass is 15.4. The van der Waals surface area contributed by atoms with Crippen molar-refractivity contribution in [2.75, 3.05) is 16.8 Å².